The summed E-state index contributed by atoms with van der Waals surface area (Å²) in [7, 11) is 0. The van der Waals surface area contributed by atoms with E-state index in [-0.39, 0.29) is 5.41 Å². The van der Waals surface area contributed by atoms with Gasteiger partial charge in [-0.15, -0.1) is 0 Å². The van der Waals surface area contributed by atoms with Gasteiger partial charge in [0.05, 0.1) is 0 Å². The topological polar surface area (TPSA) is 17.1 Å². The van der Waals surface area contributed by atoms with E-state index in [4.69, 9.17) is 0 Å². The molecule has 0 atom stereocenters. The van der Waals surface area contributed by atoms with Gasteiger partial charge in [0.25, 0.3) is 0 Å². The van der Waals surface area contributed by atoms with Crippen molar-refractivity contribution in [3.63, 3.8) is 0 Å². The molecule has 0 amide bonds. The fraction of sp³-hybridized carbons (Fsp3) is 0.923. The Bertz CT molecular complexity index is 178. The van der Waals surface area contributed by atoms with E-state index in [9.17, 15) is 4.79 Å². The molecule has 0 aromatic heterocycles. The van der Waals surface area contributed by atoms with Crippen LogP contribution in [-0.2, 0) is 4.79 Å². The van der Waals surface area contributed by atoms with Gasteiger partial charge >= 0.3 is 0 Å². The van der Waals surface area contributed by atoms with Crippen LogP contribution in [-0.4, -0.2) is 5.78 Å². The predicted molar refractivity (Wildman–Crippen MR) is 60.3 cm³/mol. The molecule has 82 valence electrons. The van der Waals surface area contributed by atoms with Gasteiger partial charge in [-0.3, -0.25) is 4.79 Å². The molecule has 1 fully saturated rings. The first-order chi connectivity index (χ1) is 6.75. The molecule has 0 radical (unpaired) electrons. The van der Waals surface area contributed by atoms with Crippen molar-refractivity contribution in [2.45, 2.75) is 71.6 Å². The Morgan fingerprint density at radius 1 is 1.14 bits per heavy atom. The van der Waals surface area contributed by atoms with Gasteiger partial charge in [-0.1, -0.05) is 39.5 Å². The molecule has 0 aromatic rings. The van der Waals surface area contributed by atoms with Crippen molar-refractivity contribution in [3.8, 4) is 0 Å². The first kappa shape index (κ1) is 11.7. The van der Waals surface area contributed by atoms with Gasteiger partial charge < -0.3 is 0 Å². The van der Waals surface area contributed by atoms with Crippen LogP contribution in [0.4, 0.5) is 0 Å². The van der Waals surface area contributed by atoms with Crippen molar-refractivity contribution in [1.29, 1.82) is 0 Å². The van der Waals surface area contributed by atoms with Gasteiger partial charge in [0.1, 0.15) is 5.78 Å². The van der Waals surface area contributed by atoms with Crippen molar-refractivity contribution >= 4 is 5.78 Å². The lowest BCUT2D eigenvalue weighted by atomic mass is 9.77. The zero-order valence-electron chi connectivity index (χ0n) is 9.77. The highest BCUT2D eigenvalue weighted by atomic mass is 16.1. The van der Waals surface area contributed by atoms with E-state index in [0.29, 0.717) is 5.78 Å². The summed E-state index contributed by atoms with van der Waals surface area (Å²) in [4.78, 5) is 12.1. The molecule has 0 N–H and O–H groups in total. The van der Waals surface area contributed by atoms with Crippen LogP contribution in [0, 0.1) is 5.41 Å². The summed E-state index contributed by atoms with van der Waals surface area (Å²) >= 11 is 0. The summed E-state index contributed by atoms with van der Waals surface area (Å²) < 4.78 is 0. The zero-order chi connectivity index (χ0) is 10.4. The van der Waals surface area contributed by atoms with Crippen LogP contribution in [0.1, 0.15) is 71.6 Å². The van der Waals surface area contributed by atoms with Gasteiger partial charge in [-0.05, 0) is 25.7 Å². The first-order valence-corrected chi connectivity index (χ1v) is 6.28. The van der Waals surface area contributed by atoms with E-state index < -0.39 is 0 Å². The Kier molecular flexibility index (Phi) is 4.64. The van der Waals surface area contributed by atoms with Crippen molar-refractivity contribution in [3.05, 3.63) is 0 Å². The maximum atomic E-state index is 12.1. The fourth-order valence-electron chi connectivity index (χ4n) is 2.68. The van der Waals surface area contributed by atoms with Gasteiger partial charge in [-0.25, -0.2) is 0 Å². The smallest absolute Gasteiger partial charge is 0.139 e. The molecule has 0 bridgehead atoms. The standard InChI is InChI=1S/C13H24O/c1-3-5-6-9-12(14)13(4-2)10-7-8-11-13/h3-11H2,1-2H3. The molecular weight excluding hydrogens is 172 g/mol. The molecule has 14 heavy (non-hydrogen) atoms. The van der Waals surface area contributed by atoms with Crippen molar-refractivity contribution in [2.75, 3.05) is 0 Å². The molecule has 1 rings (SSSR count). The van der Waals surface area contributed by atoms with Crippen molar-refractivity contribution in [1.82, 2.24) is 0 Å². The third-order valence-electron chi connectivity index (χ3n) is 3.84. The Morgan fingerprint density at radius 2 is 1.79 bits per heavy atom. The van der Waals surface area contributed by atoms with Crippen LogP contribution in [0.3, 0.4) is 0 Å². The first-order valence-electron chi connectivity index (χ1n) is 6.28. The highest BCUT2D eigenvalue weighted by molar-refractivity contribution is 5.85. The highest BCUT2D eigenvalue weighted by Crippen LogP contribution is 2.42. The maximum absolute atomic E-state index is 12.1. The lowest BCUT2D eigenvalue weighted by molar-refractivity contribution is -0.128. The van der Waals surface area contributed by atoms with Gasteiger partial charge in [0, 0.05) is 11.8 Å². The van der Waals surface area contributed by atoms with Crippen LogP contribution < -0.4 is 0 Å². The minimum Gasteiger partial charge on any atom is -0.299 e. The minimum atomic E-state index is 0.105. The maximum Gasteiger partial charge on any atom is 0.139 e. The molecule has 0 spiro atoms. The summed E-state index contributed by atoms with van der Waals surface area (Å²) in [5.74, 6) is 0.561. The number of carbonyl (C=O) groups is 1. The molecule has 1 saturated carbocycles. The molecular formula is C13H24O. The molecule has 0 aliphatic heterocycles. The molecule has 1 heteroatoms. The number of hydrogen-bond acceptors (Lipinski definition) is 1. The molecule has 0 unspecified atom stereocenters. The van der Waals surface area contributed by atoms with E-state index >= 15 is 0 Å². The molecule has 1 aliphatic rings. The second-order valence-corrected chi connectivity index (χ2v) is 4.72. The van der Waals surface area contributed by atoms with Crippen molar-refractivity contribution in [2.24, 2.45) is 5.41 Å². The molecule has 0 aromatic carbocycles. The quantitative estimate of drug-likeness (QED) is 0.584. The highest BCUT2D eigenvalue weighted by Gasteiger charge is 2.37. The van der Waals surface area contributed by atoms with E-state index in [0.717, 1.165) is 32.1 Å². The van der Waals surface area contributed by atoms with Crippen LogP contribution >= 0.6 is 0 Å². The lowest BCUT2D eigenvalue weighted by Gasteiger charge is -2.25. The summed E-state index contributed by atoms with van der Waals surface area (Å²) in [5.41, 5.74) is 0.105. The number of hydrogen-bond donors (Lipinski definition) is 0. The Balaban J connectivity index is 2.40. The number of Topliss-reactive ketones (excluding diaryl/α,β-unsaturated/α-hetero) is 1. The Hall–Kier alpha value is -0.330. The van der Waals surface area contributed by atoms with E-state index in [1.165, 1.54) is 25.7 Å². The number of carbonyl (C=O) groups excluding carboxylic acids is 1. The summed E-state index contributed by atoms with van der Waals surface area (Å²) in [6.07, 6.45) is 10.3. The molecule has 1 aliphatic carbocycles. The van der Waals surface area contributed by atoms with Gasteiger partial charge in [-0.2, -0.15) is 0 Å². The van der Waals surface area contributed by atoms with E-state index in [1.54, 1.807) is 0 Å². The van der Waals surface area contributed by atoms with Gasteiger partial charge in [0.15, 0.2) is 0 Å². The fourth-order valence-corrected chi connectivity index (χ4v) is 2.68. The summed E-state index contributed by atoms with van der Waals surface area (Å²) in [5, 5.41) is 0. The Labute approximate surface area is 88.3 Å². The molecule has 0 saturated heterocycles. The lowest BCUT2D eigenvalue weighted by Crippen LogP contribution is -2.26. The van der Waals surface area contributed by atoms with E-state index in [2.05, 4.69) is 13.8 Å². The van der Waals surface area contributed by atoms with Crippen LogP contribution in [0.25, 0.3) is 0 Å². The predicted octanol–water partition coefficient (Wildman–Crippen LogP) is 4.11. The third kappa shape index (κ3) is 2.59. The van der Waals surface area contributed by atoms with E-state index in [1.807, 2.05) is 0 Å². The average Bonchev–Trinajstić information content (AvgIpc) is 2.67. The zero-order valence-corrected chi connectivity index (χ0v) is 9.77. The second kappa shape index (κ2) is 5.53. The number of ketones is 1. The third-order valence-corrected chi connectivity index (χ3v) is 3.84. The van der Waals surface area contributed by atoms with Gasteiger partial charge in [0.2, 0.25) is 0 Å². The number of rotatable bonds is 6. The molecule has 0 heterocycles. The monoisotopic (exact) mass is 196 g/mol. The summed E-state index contributed by atoms with van der Waals surface area (Å²) in [6.45, 7) is 4.37. The molecule has 1 nitrogen and oxygen atoms in total. The largest absolute Gasteiger partial charge is 0.299 e. The second-order valence-electron chi connectivity index (χ2n) is 4.72. The number of unbranched alkanes of at least 4 members (excludes halogenated alkanes) is 2. The minimum absolute atomic E-state index is 0.105. The van der Waals surface area contributed by atoms with Crippen LogP contribution in [0.15, 0.2) is 0 Å². The van der Waals surface area contributed by atoms with Crippen LogP contribution in [0.5, 0.6) is 0 Å². The Morgan fingerprint density at radius 3 is 2.29 bits per heavy atom. The van der Waals surface area contributed by atoms with Crippen molar-refractivity contribution < 1.29 is 4.79 Å². The average molecular weight is 196 g/mol. The normalized spacial score (nSPS) is 19.9. The van der Waals surface area contributed by atoms with Crippen LogP contribution in [0.2, 0.25) is 0 Å². The summed E-state index contributed by atoms with van der Waals surface area (Å²) in [6, 6.07) is 0. The SMILES string of the molecule is CCCCCC(=O)C1(CC)CCCC1.